The van der Waals surface area contributed by atoms with Gasteiger partial charge in [-0.15, -0.1) is 0 Å². The van der Waals surface area contributed by atoms with Gasteiger partial charge in [0.2, 0.25) is 5.60 Å². The van der Waals surface area contributed by atoms with E-state index in [4.69, 9.17) is 11.6 Å². The number of aromatic amines is 1. The molecular weight excluding hydrogens is 399 g/mol. The molecule has 1 aliphatic rings. The van der Waals surface area contributed by atoms with Crippen molar-refractivity contribution in [3.63, 3.8) is 0 Å². The molecule has 0 bridgehead atoms. The number of carbonyl (C=O) groups excluding carboxylic acids is 2. The Hall–Kier alpha value is -2.97. The minimum absolute atomic E-state index is 0.0637. The highest BCUT2D eigenvalue weighted by atomic mass is 35.5. The summed E-state index contributed by atoms with van der Waals surface area (Å²) in [6.45, 7) is 2.00. The number of hydrogen-bond acceptors (Lipinski definition) is 4. The molecular formula is C20H18ClFN4O3. The first kappa shape index (κ1) is 19.4. The topological polar surface area (TPSA) is 98.3 Å². The predicted molar refractivity (Wildman–Crippen MR) is 106 cm³/mol. The fourth-order valence-corrected chi connectivity index (χ4v) is 3.74. The summed E-state index contributed by atoms with van der Waals surface area (Å²) >= 11 is 5.80. The summed E-state index contributed by atoms with van der Waals surface area (Å²) in [7, 11) is 0. The average molecular weight is 417 g/mol. The van der Waals surface area contributed by atoms with Crippen molar-refractivity contribution in [2.24, 2.45) is 0 Å². The van der Waals surface area contributed by atoms with Crippen molar-refractivity contribution in [2.45, 2.75) is 25.5 Å². The molecule has 1 unspecified atom stereocenters. The van der Waals surface area contributed by atoms with E-state index in [1.807, 2.05) is 13.0 Å². The van der Waals surface area contributed by atoms with Gasteiger partial charge in [0.15, 0.2) is 0 Å². The zero-order chi connectivity index (χ0) is 20.8. The van der Waals surface area contributed by atoms with Crippen molar-refractivity contribution in [3.8, 4) is 0 Å². The van der Waals surface area contributed by atoms with Crippen molar-refractivity contribution in [1.29, 1.82) is 0 Å². The van der Waals surface area contributed by atoms with Crippen LogP contribution in [0.25, 0.3) is 11.0 Å². The molecule has 3 heterocycles. The van der Waals surface area contributed by atoms with E-state index in [9.17, 15) is 19.1 Å². The van der Waals surface area contributed by atoms with Crippen LogP contribution in [0, 0.1) is 12.7 Å². The number of H-pyrrole nitrogens is 1. The van der Waals surface area contributed by atoms with E-state index in [2.05, 4.69) is 15.3 Å². The second kappa shape index (κ2) is 7.13. The normalized spacial score (nSPS) is 19.2. The van der Waals surface area contributed by atoms with Crippen molar-refractivity contribution in [2.75, 3.05) is 11.4 Å². The second-order valence-corrected chi connectivity index (χ2v) is 7.55. The molecule has 2 amide bonds. The molecule has 29 heavy (non-hydrogen) atoms. The number of nitrogens with one attached hydrogen (secondary N) is 2. The Labute approximate surface area is 170 Å². The summed E-state index contributed by atoms with van der Waals surface area (Å²) in [5.41, 5.74) is 0.361. The fraction of sp³-hybridized carbons (Fsp3) is 0.250. The quantitative estimate of drug-likeness (QED) is 0.569. The Morgan fingerprint density at radius 1 is 1.38 bits per heavy atom. The van der Waals surface area contributed by atoms with E-state index in [0.29, 0.717) is 16.9 Å². The molecule has 3 N–H and O–H groups in total. The molecule has 0 spiro atoms. The number of aryl methyl sites for hydroxylation is 1. The standard InChI is InChI=1S/C20H18ClFN4O3/c1-11-4-13-7-16(10-23-17(13)25-11)26-3-2-20(29,19(26)28)18(27)24-9-12-5-14(21)8-15(22)6-12/h4-8,10,29H,2-3,9H2,1H3,(H,23,25)(H,24,27). The van der Waals surface area contributed by atoms with Gasteiger partial charge >= 0.3 is 0 Å². The number of anilines is 1. The molecule has 150 valence electrons. The summed E-state index contributed by atoms with van der Waals surface area (Å²) in [5, 5.41) is 14.2. The lowest BCUT2D eigenvalue weighted by Crippen LogP contribution is -2.52. The van der Waals surface area contributed by atoms with Crippen molar-refractivity contribution in [3.05, 3.63) is 58.6 Å². The van der Waals surface area contributed by atoms with Crippen LogP contribution in [0.15, 0.2) is 36.5 Å². The van der Waals surface area contributed by atoms with Gasteiger partial charge in [-0.1, -0.05) is 11.6 Å². The van der Waals surface area contributed by atoms with Crippen molar-refractivity contribution >= 4 is 40.1 Å². The number of benzene rings is 1. The highest BCUT2D eigenvalue weighted by molar-refractivity contribution is 6.30. The maximum absolute atomic E-state index is 13.4. The van der Waals surface area contributed by atoms with Crippen LogP contribution in [0.1, 0.15) is 17.7 Å². The minimum Gasteiger partial charge on any atom is -0.372 e. The van der Waals surface area contributed by atoms with Crippen LogP contribution in [0.3, 0.4) is 0 Å². The molecule has 1 atom stereocenters. The van der Waals surface area contributed by atoms with Crippen LogP contribution in [0.2, 0.25) is 5.02 Å². The highest BCUT2D eigenvalue weighted by Crippen LogP contribution is 2.30. The molecule has 1 aliphatic heterocycles. The predicted octanol–water partition coefficient (Wildman–Crippen LogP) is 2.45. The summed E-state index contributed by atoms with van der Waals surface area (Å²) < 4.78 is 13.4. The first-order chi connectivity index (χ1) is 13.8. The van der Waals surface area contributed by atoms with Crippen LogP contribution >= 0.6 is 11.6 Å². The molecule has 1 fully saturated rings. The largest absolute Gasteiger partial charge is 0.372 e. The number of rotatable bonds is 4. The zero-order valence-electron chi connectivity index (χ0n) is 15.5. The number of nitrogens with zero attached hydrogens (tertiary/aromatic N) is 2. The van der Waals surface area contributed by atoms with E-state index >= 15 is 0 Å². The van der Waals surface area contributed by atoms with E-state index in [1.54, 1.807) is 6.07 Å². The van der Waals surface area contributed by atoms with E-state index in [0.717, 1.165) is 17.1 Å². The van der Waals surface area contributed by atoms with Crippen LogP contribution in [0.5, 0.6) is 0 Å². The number of pyridine rings is 1. The summed E-state index contributed by atoms with van der Waals surface area (Å²) in [6, 6.07) is 7.55. The molecule has 1 aromatic carbocycles. The lowest BCUT2D eigenvalue weighted by molar-refractivity contribution is -0.149. The maximum Gasteiger partial charge on any atom is 0.268 e. The number of aliphatic hydroxyl groups is 1. The number of halogens is 2. The maximum atomic E-state index is 13.4. The molecule has 3 aromatic rings. The molecule has 9 heteroatoms. The van der Waals surface area contributed by atoms with Gasteiger partial charge < -0.3 is 20.3 Å². The van der Waals surface area contributed by atoms with Gasteiger partial charge in [-0.3, -0.25) is 9.59 Å². The third kappa shape index (κ3) is 3.56. The Morgan fingerprint density at radius 3 is 2.93 bits per heavy atom. The van der Waals surface area contributed by atoms with Gasteiger partial charge in [0.25, 0.3) is 11.8 Å². The van der Waals surface area contributed by atoms with Crippen LogP contribution in [-0.4, -0.2) is 39.0 Å². The number of aromatic nitrogens is 2. The van der Waals surface area contributed by atoms with E-state index < -0.39 is 23.2 Å². The van der Waals surface area contributed by atoms with Gasteiger partial charge in [0.1, 0.15) is 11.5 Å². The average Bonchev–Trinajstić information content (AvgIpc) is 3.18. The molecule has 4 rings (SSSR count). The van der Waals surface area contributed by atoms with E-state index in [-0.39, 0.29) is 24.5 Å². The van der Waals surface area contributed by atoms with Gasteiger partial charge in [-0.25, -0.2) is 9.37 Å². The molecule has 0 aliphatic carbocycles. The Bertz CT molecular complexity index is 1110. The van der Waals surface area contributed by atoms with Gasteiger partial charge in [-0.05, 0) is 42.8 Å². The zero-order valence-corrected chi connectivity index (χ0v) is 16.3. The lowest BCUT2D eigenvalue weighted by atomic mass is 10.0. The number of fused-ring (bicyclic) bond motifs is 1. The monoisotopic (exact) mass is 416 g/mol. The molecule has 1 saturated heterocycles. The molecule has 2 aromatic heterocycles. The minimum atomic E-state index is -2.19. The molecule has 0 saturated carbocycles. The lowest BCUT2D eigenvalue weighted by Gasteiger charge is -2.21. The summed E-state index contributed by atoms with van der Waals surface area (Å²) in [5.74, 6) is -2.09. The Kier molecular flexibility index (Phi) is 4.76. The first-order valence-corrected chi connectivity index (χ1v) is 9.37. The van der Waals surface area contributed by atoms with Gasteiger partial charge in [0, 0.05) is 35.6 Å². The van der Waals surface area contributed by atoms with Crippen molar-refractivity contribution < 1.29 is 19.1 Å². The summed E-state index contributed by atoms with van der Waals surface area (Å²) in [6.07, 6.45) is 1.46. The molecule has 7 nitrogen and oxygen atoms in total. The number of carbonyl (C=O) groups is 2. The summed E-state index contributed by atoms with van der Waals surface area (Å²) in [4.78, 5) is 34.1. The van der Waals surface area contributed by atoms with Crippen LogP contribution < -0.4 is 10.2 Å². The number of hydrogen-bond donors (Lipinski definition) is 3. The smallest absolute Gasteiger partial charge is 0.268 e. The Balaban J connectivity index is 1.50. The first-order valence-electron chi connectivity index (χ1n) is 8.99. The fourth-order valence-electron chi connectivity index (χ4n) is 3.49. The van der Waals surface area contributed by atoms with Crippen LogP contribution in [-0.2, 0) is 16.1 Å². The molecule has 0 radical (unpaired) electrons. The van der Waals surface area contributed by atoms with Crippen molar-refractivity contribution in [1.82, 2.24) is 15.3 Å². The third-order valence-electron chi connectivity index (χ3n) is 4.95. The number of amides is 2. The van der Waals surface area contributed by atoms with Crippen LogP contribution in [0.4, 0.5) is 10.1 Å². The third-order valence-corrected chi connectivity index (χ3v) is 5.17. The highest BCUT2D eigenvalue weighted by Gasteiger charge is 2.51. The van der Waals surface area contributed by atoms with E-state index in [1.165, 1.54) is 23.2 Å². The van der Waals surface area contributed by atoms with Gasteiger partial charge in [-0.2, -0.15) is 0 Å². The van der Waals surface area contributed by atoms with Gasteiger partial charge in [0.05, 0.1) is 11.9 Å². The SMILES string of the molecule is Cc1cc2cc(N3CCC(O)(C(=O)NCc4cc(F)cc(Cl)c4)C3=O)cnc2[nH]1. The second-order valence-electron chi connectivity index (χ2n) is 7.11. The Morgan fingerprint density at radius 2 is 2.17 bits per heavy atom.